The molecule has 0 saturated carbocycles. The van der Waals surface area contributed by atoms with Crippen LogP contribution in [-0.4, -0.2) is 34.1 Å². The SMILES string of the molecule is Cc1cccc(S(N)(=O)=O)c1[AsH]c1nc(Cl)ncc1Cl. The maximum atomic E-state index is 11.7. The first-order valence-corrected chi connectivity index (χ1v) is 9.76. The van der Waals surface area contributed by atoms with E-state index in [4.69, 9.17) is 28.3 Å². The summed E-state index contributed by atoms with van der Waals surface area (Å²) < 4.78 is 24.6. The fraction of sp³-hybridized carbons (Fsp3) is 0.0909. The third-order valence-electron chi connectivity index (χ3n) is 2.50. The van der Waals surface area contributed by atoms with Crippen molar-refractivity contribution in [3.63, 3.8) is 0 Å². The first-order valence-electron chi connectivity index (χ1n) is 5.36. The molecule has 2 N–H and O–H groups in total. The van der Waals surface area contributed by atoms with E-state index in [1.165, 1.54) is 12.3 Å². The van der Waals surface area contributed by atoms with Gasteiger partial charge in [0.05, 0.1) is 0 Å². The van der Waals surface area contributed by atoms with Gasteiger partial charge >= 0.3 is 133 Å². The van der Waals surface area contributed by atoms with Crippen LogP contribution in [0.1, 0.15) is 5.56 Å². The zero-order valence-corrected chi connectivity index (χ0v) is 14.7. The molecule has 0 aliphatic carbocycles. The van der Waals surface area contributed by atoms with Gasteiger partial charge in [-0.25, -0.2) is 0 Å². The summed E-state index contributed by atoms with van der Waals surface area (Å²) in [7, 11) is -3.79. The molecule has 2 rings (SSSR count). The molecule has 0 spiro atoms. The molecule has 0 amide bonds. The van der Waals surface area contributed by atoms with Gasteiger partial charge in [-0.1, -0.05) is 0 Å². The van der Waals surface area contributed by atoms with Crippen LogP contribution in [0.3, 0.4) is 0 Å². The zero-order chi connectivity index (χ0) is 14.9. The van der Waals surface area contributed by atoms with Crippen LogP contribution in [0.15, 0.2) is 29.3 Å². The van der Waals surface area contributed by atoms with E-state index in [1.807, 2.05) is 13.0 Å². The van der Waals surface area contributed by atoms with Crippen LogP contribution in [0.2, 0.25) is 10.3 Å². The molecule has 0 saturated heterocycles. The van der Waals surface area contributed by atoms with Crippen LogP contribution >= 0.6 is 23.2 Å². The summed E-state index contributed by atoms with van der Waals surface area (Å²) in [4.78, 5) is 7.96. The number of rotatable bonds is 3. The molecule has 0 aliphatic rings. The monoisotopic (exact) mass is 393 g/mol. The Morgan fingerprint density at radius 2 is 2.00 bits per heavy atom. The van der Waals surface area contributed by atoms with E-state index < -0.39 is 25.8 Å². The van der Waals surface area contributed by atoms with E-state index in [2.05, 4.69) is 9.97 Å². The Kier molecular flexibility index (Phi) is 4.72. The topological polar surface area (TPSA) is 85.9 Å². The molecule has 20 heavy (non-hydrogen) atoms. The van der Waals surface area contributed by atoms with Gasteiger partial charge in [-0.05, 0) is 0 Å². The van der Waals surface area contributed by atoms with E-state index in [0.717, 1.165) is 5.56 Å². The van der Waals surface area contributed by atoms with Crippen molar-refractivity contribution in [3.8, 4) is 0 Å². The number of benzene rings is 1. The van der Waals surface area contributed by atoms with Gasteiger partial charge in [0.15, 0.2) is 0 Å². The van der Waals surface area contributed by atoms with Gasteiger partial charge in [0.2, 0.25) is 0 Å². The first-order chi connectivity index (χ1) is 9.29. The molecule has 9 heteroatoms. The third-order valence-corrected chi connectivity index (χ3v) is 7.84. The molecule has 1 unspecified atom stereocenters. The summed E-state index contributed by atoms with van der Waals surface area (Å²) in [5.74, 6) is 0. The van der Waals surface area contributed by atoms with Crippen molar-refractivity contribution >= 4 is 57.8 Å². The fourth-order valence-corrected chi connectivity index (χ4v) is 6.33. The summed E-state index contributed by atoms with van der Waals surface area (Å²) in [6.45, 7) is 1.82. The van der Waals surface area contributed by atoms with Crippen LogP contribution in [0.5, 0.6) is 0 Å². The Hall–Kier alpha value is -0.652. The van der Waals surface area contributed by atoms with Gasteiger partial charge in [0.1, 0.15) is 0 Å². The number of hydrogen-bond acceptors (Lipinski definition) is 4. The predicted molar refractivity (Wildman–Crippen MR) is 81.0 cm³/mol. The normalized spacial score (nSPS) is 12.2. The molecule has 0 radical (unpaired) electrons. The second-order valence-corrected chi connectivity index (χ2v) is 8.80. The van der Waals surface area contributed by atoms with Crippen LogP contribution in [0.25, 0.3) is 0 Å². The van der Waals surface area contributed by atoms with Gasteiger partial charge in [-0.15, -0.1) is 0 Å². The van der Waals surface area contributed by atoms with Crippen LogP contribution in [0.4, 0.5) is 0 Å². The molecule has 1 heterocycles. The molecule has 1 atom stereocenters. The number of aryl methyl sites for hydroxylation is 1. The fourth-order valence-electron chi connectivity index (χ4n) is 1.59. The number of nitrogens with two attached hydrogens (primary N) is 1. The van der Waals surface area contributed by atoms with Gasteiger partial charge in [0.25, 0.3) is 0 Å². The second kappa shape index (κ2) is 6.00. The minimum absolute atomic E-state index is 0.0823. The summed E-state index contributed by atoms with van der Waals surface area (Å²) >= 11 is 10.7. The van der Waals surface area contributed by atoms with Crippen molar-refractivity contribution < 1.29 is 8.42 Å². The van der Waals surface area contributed by atoms with Crippen molar-refractivity contribution in [2.24, 2.45) is 5.14 Å². The Morgan fingerprint density at radius 3 is 2.65 bits per heavy atom. The maximum absolute atomic E-state index is 11.7. The van der Waals surface area contributed by atoms with Crippen molar-refractivity contribution in [2.75, 3.05) is 0 Å². The van der Waals surface area contributed by atoms with Crippen molar-refractivity contribution in [3.05, 3.63) is 40.3 Å². The van der Waals surface area contributed by atoms with Crippen molar-refractivity contribution in [1.82, 2.24) is 9.97 Å². The van der Waals surface area contributed by atoms with Gasteiger partial charge in [0, 0.05) is 0 Å². The van der Waals surface area contributed by atoms with Crippen molar-refractivity contribution in [1.29, 1.82) is 0 Å². The number of nitrogens with zero attached hydrogens (tertiary/aromatic N) is 2. The number of halogens is 2. The zero-order valence-electron chi connectivity index (χ0n) is 10.3. The van der Waals surface area contributed by atoms with Crippen LogP contribution in [-0.2, 0) is 10.0 Å². The Bertz CT molecular complexity index is 768. The molecule has 106 valence electrons. The standard InChI is InChI=1S/C11H10AsCl2N3O2S/c1-6-3-2-4-8(20(15,18)19)9(6)12-10-7(13)5-16-11(14)17-10/h2-5,12H,1H3,(H2,15,18,19). The Morgan fingerprint density at radius 1 is 1.30 bits per heavy atom. The molecule has 1 aromatic heterocycles. The van der Waals surface area contributed by atoms with Crippen molar-refractivity contribution in [2.45, 2.75) is 11.8 Å². The Balaban J connectivity index is 2.57. The second-order valence-electron chi connectivity index (χ2n) is 3.95. The number of sulfonamides is 1. The van der Waals surface area contributed by atoms with E-state index in [-0.39, 0.29) is 10.2 Å². The number of primary sulfonamides is 1. The molecule has 0 aliphatic heterocycles. The summed E-state index contributed by atoms with van der Waals surface area (Å²) in [5, 5.41) is 5.70. The summed E-state index contributed by atoms with van der Waals surface area (Å²) in [6.07, 6.45) is 1.41. The summed E-state index contributed by atoms with van der Waals surface area (Å²) in [5.41, 5.74) is 0.835. The van der Waals surface area contributed by atoms with Crippen LogP contribution in [0, 0.1) is 6.92 Å². The third kappa shape index (κ3) is 3.51. The number of aromatic nitrogens is 2. The molecule has 2 aromatic rings. The van der Waals surface area contributed by atoms with E-state index in [9.17, 15) is 8.42 Å². The van der Waals surface area contributed by atoms with E-state index >= 15 is 0 Å². The summed E-state index contributed by atoms with van der Waals surface area (Å²) in [6, 6.07) is 4.96. The first kappa shape index (κ1) is 15.7. The van der Waals surface area contributed by atoms with Gasteiger partial charge in [-0.3, -0.25) is 0 Å². The molecule has 5 nitrogen and oxygen atoms in total. The van der Waals surface area contributed by atoms with Gasteiger partial charge in [-0.2, -0.15) is 0 Å². The quantitative estimate of drug-likeness (QED) is 0.593. The average Bonchev–Trinajstić information content (AvgIpc) is 2.35. The molecular weight excluding hydrogens is 384 g/mol. The minimum atomic E-state index is -3.79. The van der Waals surface area contributed by atoms with E-state index in [0.29, 0.717) is 13.9 Å². The Labute approximate surface area is 133 Å². The molecule has 1 aromatic carbocycles. The van der Waals surface area contributed by atoms with E-state index in [1.54, 1.807) is 6.07 Å². The molecular formula is C11H10AsCl2N3O2S. The number of hydrogen-bond donors (Lipinski definition) is 1. The van der Waals surface area contributed by atoms with Crippen LogP contribution < -0.4 is 14.0 Å². The average molecular weight is 394 g/mol. The predicted octanol–water partition coefficient (Wildman–Crippen LogP) is 0.127. The molecule has 0 bridgehead atoms. The van der Waals surface area contributed by atoms with Gasteiger partial charge < -0.3 is 0 Å². The molecule has 0 fully saturated rings.